The maximum Gasteiger partial charge on any atom is 0.255 e. The van der Waals surface area contributed by atoms with Crippen molar-refractivity contribution in [3.05, 3.63) is 64.2 Å². The summed E-state index contributed by atoms with van der Waals surface area (Å²) >= 11 is 0. The third kappa shape index (κ3) is 4.98. The van der Waals surface area contributed by atoms with Crippen molar-refractivity contribution in [2.45, 2.75) is 63.9 Å². The van der Waals surface area contributed by atoms with E-state index in [0.717, 1.165) is 12.8 Å². The fraction of sp³-hybridized carbons (Fsp3) is 0.500. The number of hydrogen-bond donors (Lipinski definition) is 3. The van der Waals surface area contributed by atoms with Crippen LogP contribution < -0.4 is 15.4 Å². The van der Waals surface area contributed by atoms with Crippen molar-refractivity contribution in [3.63, 3.8) is 0 Å². The largest absolute Gasteiger partial charge is 0.493 e. The maximum atomic E-state index is 13.3. The zero-order chi connectivity index (χ0) is 25.2. The van der Waals surface area contributed by atoms with Gasteiger partial charge in [0.25, 0.3) is 11.8 Å². The Morgan fingerprint density at radius 3 is 2.69 bits per heavy atom. The molecule has 3 N–H and O–H groups in total. The van der Waals surface area contributed by atoms with Crippen molar-refractivity contribution in [1.29, 1.82) is 0 Å². The van der Waals surface area contributed by atoms with E-state index in [1.165, 1.54) is 16.7 Å². The number of aliphatic hydroxyl groups excluding tert-OH is 1. The Kier molecular flexibility index (Phi) is 7.27. The highest BCUT2D eigenvalue weighted by Crippen LogP contribution is 2.31. The highest BCUT2D eigenvalue weighted by molar-refractivity contribution is 6.00. The van der Waals surface area contributed by atoms with Gasteiger partial charge >= 0.3 is 0 Å². The van der Waals surface area contributed by atoms with Gasteiger partial charge in [0.15, 0.2) is 0 Å². The zero-order valence-corrected chi connectivity index (χ0v) is 21.0. The van der Waals surface area contributed by atoms with Gasteiger partial charge in [0.2, 0.25) is 0 Å². The number of hydrogen-bond acceptors (Lipinski definition) is 6. The number of amides is 2. The number of aryl methyl sites for hydroxylation is 1. The zero-order valence-electron chi connectivity index (χ0n) is 21.0. The standard InChI is InChI=1S/C28H35N3O5/c1-3-36-26-12-18(28(34)31-21-7-8-22(31)16-35-15-21)6-9-23(26)27(33)30-14-25(32)24-11-20-10-17(2)4-5-19(20)13-29-24/h4-6,9-10,12,21-22,24-25,29,32H,3,7-8,11,13-16H2,1-2H3,(H,30,33)/t21?,22?,24-,25+/m0/s1. The normalized spacial score (nSPS) is 23.6. The molecule has 3 heterocycles. The smallest absolute Gasteiger partial charge is 0.255 e. The van der Waals surface area contributed by atoms with E-state index in [2.05, 4.69) is 35.8 Å². The van der Waals surface area contributed by atoms with Gasteiger partial charge in [0.1, 0.15) is 5.75 Å². The van der Waals surface area contributed by atoms with Gasteiger partial charge in [-0.1, -0.05) is 23.8 Å². The number of nitrogens with zero attached hydrogens (tertiary/aromatic N) is 1. The molecule has 8 nitrogen and oxygen atoms in total. The molecule has 8 heteroatoms. The van der Waals surface area contributed by atoms with Gasteiger partial charge in [0.05, 0.1) is 43.6 Å². The van der Waals surface area contributed by atoms with Crippen LogP contribution in [-0.4, -0.2) is 72.4 Å². The molecule has 2 bridgehead atoms. The highest BCUT2D eigenvalue weighted by atomic mass is 16.5. The summed E-state index contributed by atoms with van der Waals surface area (Å²) in [5, 5.41) is 17.0. The van der Waals surface area contributed by atoms with Crippen molar-refractivity contribution < 1.29 is 24.2 Å². The van der Waals surface area contributed by atoms with Crippen molar-refractivity contribution in [2.75, 3.05) is 26.4 Å². The summed E-state index contributed by atoms with van der Waals surface area (Å²) in [4.78, 5) is 28.2. The molecule has 36 heavy (non-hydrogen) atoms. The third-order valence-electron chi connectivity index (χ3n) is 7.54. The average molecular weight is 494 g/mol. The third-order valence-corrected chi connectivity index (χ3v) is 7.54. The van der Waals surface area contributed by atoms with Gasteiger partial charge in [-0.15, -0.1) is 0 Å². The Labute approximate surface area is 212 Å². The summed E-state index contributed by atoms with van der Waals surface area (Å²) in [6.45, 7) is 6.23. The van der Waals surface area contributed by atoms with E-state index >= 15 is 0 Å². The van der Waals surface area contributed by atoms with Gasteiger partial charge in [-0.2, -0.15) is 0 Å². The van der Waals surface area contributed by atoms with Crippen molar-refractivity contribution >= 4 is 11.8 Å². The van der Waals surface area contributed by atoms with Crippen LogP contribution in [-0.2, 0) is 17.7 Å². The molecular weight excluding hydrogens is 458 g/mol. The molecule has 2 amide bonds. The number of nitrogens with one attached hydrogen (secondary N) is 2. The van der Waals surface area contributed by atoms with E-state index in [1.807, 2.05) is 11.8 Å². The first kappa shape index (κ1) is 24.7. The Bertz CT molecular complexity index is 1120. The number of aliphatic hydroxyl groups is 1. The number of ether oxygens (including phenoxy) is 2. The van der Waals surface area contributed by atoms with Gasteiger partial charge in [-0.25, -0.2) is 0 Å². The van der Waals surface area contributed by atoms with Crippen LogP contribution in [0.1, 0.15) is 57.2 Å². The molecule has 2 fully saturated rings. The second kappa shape index (κ2) is 10.6. The van der Waals surface area contributed by atoms with Crippen LogP contribution in [0, 0.1) is 6.92 Å². The van der Waals surface area contributed by atoms with Gasteiger partial charge < -0.3 is 30.1 Å². The van der Waals surface area contributed by atoms with Gasteiger partial charge in [-0.05, 0) is 62.4 Å². The molecule has 5 rings (SSSR count). The number of carbonyl (C=O) groups excluding carboxylic acids is 2. The summed E-state index contributed by atoms with van der Waals surface area (Å²) in [7, 11) is 0. The number of carbonyl (C=O) groups is 2. The van der Waals surface area contributed by atoms with Crippen LogP contribution in [0.4, 0.5) is 0 Å². The van der Waals surface area contributed by atoms with E-state index in [1.54, 1.807) is 18.2 Å². The van der Waals surface area contributed by atoms with Crippen LogP contribution in [0.2, 0.25) is 0 Å². The molecule has 4 atom stereocenters. The summed E-state index contributed by atoms with van der Waals surface area (Å²) in [5.74, 6) is -0.0147. The lowest BCUT2D eigenvalue weighted by molar-refractivity contribution is -0.00717. The number of fused-ring (bicyclic) bond motifs is 3. The van der Waals surface area contributed by atoms with Crippen LogP contribution in [0.5, 0.6) is 5.75 Å². The molecule has 3 aliphatic rings. The van der Waals surface area contributed by atoms with Gasteiger partial charge in [-0.3, -0.25) is 9.59 Å². The fourth-order valence-electron chi connectivity index (χ4n) is 5.60. The van der Waals surface area contributed by atoms with Crippen molar-refractivity contribution in [1.82, 2.24) is 15.5 Å². The molecule has 2 unspecified atom stereocenters. The van der Waals surface area contributed by atoms with Crippen LogP contribution >= 0.6 is 0 Å². The predicted molar refractivity (Wildman–Crippen MR) is 135 cm³/mol. The minimum atomic E-state index is -0.740. The lowest BCUT2D eigenvalue weighted by atomic mass is 9.91. The first-order chi connectivity index (χ1) is 17.4. The fourth-order valence-corrected chi connectivity index (χ4v) is 5.60. The van der Waals surface area contributed by atoms with E-state index < -0.39 is 6.10 Å². The summed E-state index contributed by atoms with van der Waals surface area (Å²) < 4.78 is 11.3. The number of morpholine rings is 1. The average Bonchev–Trinajstić information content (AvgIpc) is 3.13. The lowest BCUT2D eigenvalue weighted by Gasteiger charge is -2.34. The van der Waals surface area contributed by atoms with E-state index in [-0.39, 0.29) is 36.5 Å². The second-order valence-corrected chi connectivity index (χ2v) is 10.0. The van der Waals surface area contributed by atoms with Crippen LogP contribution in [0.25, 0.3) is 0 Å². The topological polar surface area (TPSA) is 100 Å². The molecule has 0 radical (unpaired) electrons. The highest BCUT2D eigenvalue weighted by Gasteiger charge is 2.40. The molecule has 0 aliphatic carbocycles. The predicted octanol–water partition coefficient (Wildman–Crippen LogP) is 2.20. The minimum Gasteiger partial charge on any atom is -0.493 e. The Morgan fingerprint density at radius 2 is 1.94 bits per heavy atom. The molecular formula is C28H35N3O5. The first-order valence-corrected chi connectivity index (χ1v) is 12.9. The Morgan fingerprint density at radius 1 is 1.17 bits per heavy atom. The first-order valence-electron chi connectivity index (χ1n) is 12.9. The lowest BCUT2D eigenvalue weighted by Crippen LogP contribution is -2.49. The molecule has 0 spiro atoms. The summed E-state index contributed by atoms with van der Waals surface area (Å²) in [6.07, 6.45) is 1.88. The summed E-state index contributed by atoms with van der Waals surface area (Å²) in [6, 6.07) is 11.4. The monoisotopic (exact) mass is 493 g/mol. The summed E-state index contributed by atoms with van der Waals surface area (Å²) in [5.41, 5.74) is 4.53. The minimum absolute atomic E-state index is 0.0481. The quantitative estimate of drug-likeness (QED) is 0.547. The number of benzene rings is 2. The van der Waals surface area contributed by atoms with Crippen LogP contribution in [0.15, 0.2) is 36.4 Å². The Hall–Kier alpha value is -2.94. The second-order valence-electron chi connectivity index (χ2n) is 10.0. The molecule has 3 aliphatic heterocycles. The molecule has 192 valence electrons. The van der Waals surface area contributed by atoms with E-state index in [9.17, 15) is 14.7 Å². The molecule has 2 saturated heterocycles. The maximum absolute atomic E-state index is 13.3. The van der Waals surface area contributed by atoms with Crippen molar-refractivity contribution in [3.8, 4) is 5.75 Å². The Balaban J connectivity index is 1.24. The van der Waals surface area contributed by atoms with E-state index in [4.69, 9.17) is 9.47 Å². The van der Waals surface area contributed by atoms with Crippen LogP contribution in [0.3, 0.4) is 0 Å². The molecule has 0 saturated carbocycles. The molecule has 2 aromatic carbocycles. The molecule has 2 aromatic rings. The van der Waals surface area contributed by atoms with Crippen molar-refractivity contribution in [2.24, 2.45) is 0 Å². The van der Waals surface area contributed by atoms with E-state index in [0.29, 0.717) is 49.7 Å². The molecule has 0 aromatic heterocycles. The SMILES string of the molecule is CCOc1cc(C(=O)N2C3CCC2COC3)ccc1C(=O)NC[C@@H](O)[C@@H]1Cc2cc(C)ccc2CN1. The number of rotatable bonds is 7. The van der Waals surface area contributed by atoms with Gasteiger partial charge in [0, 0.05) is 24.7 Å².